The van der Waals surface area contributed by atoms with Crippen LogP contribution in [0.25, 0.3) is 5.52 Å². The van der Waals surface area contributed by atoms with Gasteiger partial charge in [0.25, 0.3) is 0 Å². The fourth-order valence-corrected chi connectivity index (χ4v) is 3.09. The molecule has 0 atom stereocenters. The van der Waals surface area contributed by atoms with Gasteiger partial charge in [-0.05, 0) is 31.4 Å². The second kappa shape index (κ2) is 5.56. The predicted octanol–water partition coefficient (Wildman–Crippen LogP) is 1.98. The van der Waals surface area contributed by atoms with Crippen LogP contribution >= 0.6 is 0 Å². The highest BCUT2D eigenvalue weighted by atomic mass is 15.4. The fraction of sp³-hybridized carbons (Fsp3) is 0.562. The summed E-state index contributed by atoms with van der Waals surface area (Å²) in [4.78, 5) is 2.37. The SMILES string of the molecule is C[N+]1(C)CCCCCN(c2nn3ccccc3c2N)CC1. The molecule has 0 saturated carbocycles. The first-order chi connectivity index (χ1) is 10.1. The number of hydrogen-bond acceptors (Lipinski definition) is 3. The lowest BCUT2D eigenvalue weighted by Gasteiger charge is -2.31. The molecule has 5 nitrogen and oxygen atoms in total. The van der Waals surface area contributed by atoms with Crippen LogP contribution in [-0.4, -0.2) is 54.4 Å². The molecule has 5 heteroatoms. The van der Waals surface area contributed by atoms with E-state index in [-0.39, 0.29) is 0 Å². The molecule has 3 rings (SSSR count). The Bertz CT molecular complexity index is 616. The summed E-state index contributed by atoms with van der Waals surface area (Å²) >= 11 is 0. The number of nitrogen functional groups attached to an aromatic ring is 1. The predicted molar refractivity (Wildman–Crippen MR) is 87.5 cm³/mol. The Morgan fingerprint density at radius 3 is 2.76 bits per heavy atom. The van der Waals surface area contributed by atoms with Crippen molar-refractivity contribution >= 4 is 17.0 Å². The third kappa shape index (κ3) is 2.97. The maximum absolute atomic E-state index is 6.34. The average Bonchev–Trinajstić information content (AvgIpc) is 2.82. The summed E-state index contributed by atoms with van der Waals surface area (Å²) in [6.45, 7) is 4.46. The van der Waals surface area contributed by atoms with Crippen LogP contribution in [-0.2, 0) is 0 Å². The molecular weight excluding hydrogens is 262 g/mol. The Hall–Kier alpha value is -1.75. The minimum atomic E-state index is 0.806. The maximum Gasteiger partial charge on any atom is 0.175 e. The van der Waals surface area contributed by atoms with Crippen LogP contribution < -0.4 is 10.6 Å². The number of rotatable bonds is 1. The van der Waals surface area contributed by atoms with Gasteiger partial charge in [0.15, 0.2) is 5.82 Å². The van der Waals surface area contributed by atoms with Crippen LogP contribution in [0.3, 0.4) is 0 Å². The second-order valence-corrected chi connectivity index (χ2v) is 6.70. The number of quaternary nitrogens is 1. The van der Waals surface area contributed by atoms with Crippen LogP contribution in [0.15, 0.2) is 24.4 Å². The van der Waals surface area contributed by atoms with Crippen LogP contribution in [0, 0.1) is 0 Å². The normalized spacial score (nSPS) is 20.0. The van der Waals surface area contributed by atoms with E-state index in [0.717, 1.165) is 41.1 Å². The Kier molecular flexibility index (Phi) is 3.76. The Morgan fingerprint density at radius 1 is 1.10 bits per heavy atom. The van der Waals surface area contributed by atoms with Gasteiger partial charge >= 0.3 is 0 Å². The number of aromatic nitrogens is 2. The molecule has 0 aliphatic carbocycles. The smallest absolute Gasteiger partial charge is 0.175 e. The number of nitrogens with two attached hydrogens (primary N) is 1. The summed E-state index contributed by atoms with van der Waals surface area (Å²) in [5.41, 5.74) is 8.14. The molecule has 0 spiro atoms. The number of likely N-dealkylation sites (N-methyl/N-ethyl adjacent to an activating group) is 1. The van der Waals surface area contributed by atoms with E-state index in [9.17, 15) is 0 Å². The number of fused-ring (bicyclic) bond motifs is 1. The molecule has 114 valence electrons. The quantitative estimate of drug-likeness (QED) is 0.816. The fourth-order valence-electron chi connectivity index (χ4n) is 3.09. The number of nitrogens with zero attached hydrogens (tertiary/aromatic N) is 4. The van der Waals surface area contributed by atoms with Crippen molar-refractivity contribution in [1.29, 1.82) is 0 Å². The first-order valence-electron chi connectivity index (χ1n) is 7.87. The van der Waals surface area contributed by atoms with E-state index in [1.54, 1.807) is 0 Å². The zero-order valence-electron chi connectivity index (χ0n) is 13.1. The van der Waals surface area contributed by atoms with Gasteiger partial charge in [-0.1, -0.05) is 6.07 Å². The Balaban J connectivity index is 1.90. The van der Waals surface area contributed by atoms with E-state index in [1.807, 2.05) is 28.9 Å². The van der Waals surface area contributed by atoms with Gasteiger partial charge in [0, 0.05) is 12.7 Å². The molecular formula is C16H26N5+. The molecule has 2 aromatic heterocycles. The molecule has 0 aromatic carbocycles. The highest BCUT2D eigenvalue weighted by Crippen LogP contribution is 2.27. The van der Waals surface area contributed by atoms with Crippen LogP contribution in [0.2, 0.25) is 0 Å². The van der Waals surface area contributed by atoms with Crippen molar-refractivity contribution in [3.63, 3.8) is 0 Å². The zero-order chi connectivity index (χ0) is 14.9. The standard InChI is InChI=1S/C16H26N5/c1-21(2)12-7-3-5-9-19(11-13-21)16-15(17)14-8-4-6-10-20(14)18-16/h4,6,8,10H,3,5,7,9,11-13,17H2,1-2H3/q+1. The molecule has 0 bridgehead atoms. The third-order valence-corrected chi connectivity index (χ3v) is 4.52. The van der Waals surface area contributed by atoms with E-state index in [1.165, 1.54) is 25.8 Å². The summed E-state index contributed by atoms with van der Waals surface area (Å²) in [5, 5.41) is 4.70. The topological polar surface area (TPSA) is 46.6 Å². The van der Waals surface area contributed by atoms with Crippen molar-refractivity contribution < 1.29 is 4.48 Å². The van der Waals surface area contributed by atoms with Crippen LogP contribution in [0.1, 0.15) is 19.3 Å². The molecule has 0 unspecified atom stereocenters. The van der Waals surface area contributed by atoms with E-state index in [2.05, 4.69) is 19.0 Å². The first-order valence-corrected chi connectivity index (χ1v) is 7.87. The molecule has 0 radical (unpaired) electrons. The van der Waals surface area contributed by atoms with Crippen molar-refractivity contribution in [1.82, 2.24) is 9.61 Å². The minimum Gasteiger partial charge on any atom is -0.394 e. The zero-order valence-corrected chi connectivity index (χ0v) is 13.1. The molecule has 1 fully saturated rings. The summed E-state index contributed by atoms with van der Waals surface area (Å²) in [6, 6.07) is 6.03. The first kappa shape index (κ1) is 14.2. The molecule has 21 heavy (non-hydrogen) atoms. The van der Waals surface area contributed by atoms with Gasteiger partial charge < -0.3 is 15.1 Å². The molecule has 1 aliphatic heterocycles. The molecule has 0 amide bonds. The third-order valence-electron chi connectivity index (χ3n) is 4.52. The lowest BCUT2D eigenvalue weighted by atomic mass is 10.2. The Labute approximate surface area is 126 Å². The Morgan fingerprint density at radius 2 is 1.95 bits per heavy atom. The van der Waals surface area contributed by atoms with Gasteiger partial charge in [0.2, 0.25) is 0 Å². The molecule has 2 N–H and O–H groups in total. The molecule has 2 aromatic rings. The van der Waals surface area contributed by atoms with E-state index < -0.39 is 0 Å². The molecule has 1 saturated heterocycles. The number of hydrogen-bond donors (Lipinski definition) is 1. The summed E-state index contributed by atoms with van der Waals surface area (Å²) in [6.07, 6.45) is 5.77. The van der Waals surface area contributed by atoms with Gasteiger partial charge in [-0.3, -0.25) is 0 Å². The van der Waals surface area contributed by atoms with Gasteiger partial charge in [-0.2, -0.15) is 0 Å². The maximum atomic E-state index is 6.34. The lowest BCUT2D eigenvalue weighted by Crippen LogP contribution is -2.45. The van der Waals surface area contributed by atoms with E-state index in [4.69, 9.17) is 10.8 Å². The van der Waals surface area contributed by atoms with E-state index >= 15 is 0 Å². The van der Waals surface area contributed by atoms with Crippen LogP contribution in [0.5, 0.6) is 0 Å². The van der Waals surface area contributed by atoms with Crippen molar-refractivity contribution in [3.05, 3.63) is 24.4 Å². The average molecular weight is 288 g/mol. The van der Waals surface area contributed by atoms with Gasteiger partial charge in [0.1, 0.15) is 5.69 Å². The highest BCUT2D eigenvalue weighted by Gasteiger charge is 2.22. The van der Waals surface area contributed by atoms with Crippen molar-refractivity contribution in [2.24, 2.45) is 0 Å². The summed E-state index contributed by atoms with van der Waals surface area (Å²) in [7, 11) is 4.63. The monoisotopic (exact) mass is 288 g/mol. The highest BCUT2D eigenvalue weighted by molar-refractivity contribution is 5.81. The van der Waals surface area contributed by atoms with Crippen molar-refractivity contribution in [3.8, 4) is 0 Å². The lowest BCUT2D eigenvalue weighted by molar-refractivity contribution is -0.889. The van der Waals surface area contributed by atoms with Crippen molar-refractivity contribution in [2.45, 2.75) is 19.3 Å². The number of anilines is 2. The van der Waals surface area contributed by atoms with Gasteiger partial charge in [-0.25, -0.2) is 4.52 Å². The van der Waals surface area contributed by atoms with Gasteiger partial charge in [-0.15, -0.1) is 5.10 Å². The van der Waals surface area contributed by atoms with E-state index in [0.29, 0.717) is 0 Å². The minimum absolute atomic E-state index is 0.806. The number of pyridine rings is 1. The molecule has 3 heterocycles. The van der Waals surface area contributed by atoms with Gasteiger partial charge in [0.05, 0.1) is 39.2 Å². The largest absolute Gasteiger partial charge is 0.394 e. The summed E-state index contributed by atoms with van der Waals surface area (Å²) < 4.78 is 2.96. The van der Waals surface area contributed by atoms with Crippen LogP contribution in [0.4, 0.5) is 11.5 Å². The van der Waals surface area contributed by atoms with Crippen molar-refractivity contribution in [2.75, 3.05) is 50.9 Å². The molecule has 1 aliphatic rings. The second-order valence-electron chi connectivity index (χ2n) is 6.70. The summed E-state index contributed by atoms with van der Waals surface area (Å²) in [5.74, 6) is 0.947.